The molecule has 35 heavy (non-hydrogen) atoms. The first-order valence-electron chi connectivity index (χ1n) is 12.1. The molecule has 3 heterocycles. The fraction of sp³-hybridized carbons (Fsp3) is 0.346. The van der Waals surface area contributed by atoms with Gasteiger partial charge in [-0.3, -0.25) is 18.5 Å². The molecule has 2 aromatic carbocycles. The van der Waals surface area contributed by atoms with Crippen molar-refractivity contribution in [3.63, 3.8) is 0 Å². The van der Waals surface area contributed by atoms with E-state index in [-0.39, 0.29) is 19.7 Å². The number of imidazole rings is 1. The van der Waals surface area contributed by atoms with Crippen LogP contribution in [0.25, 0.3) is 11.2 Å². The second-order valence-electron chi connectivity index (χ2n) is 8.78. The highest BCUT2D eigenvalue weighted by molar-refractivity contribution is 5.75. The fourth-order valence-electron chi connectivity index (χ4n) is 4.69. The van der Waals surface area contributed by atoms with E-state index in [1.54, 1.807) is 4.57 Å². The highest BCUT2D eigenvalue weighted by Crippen LogP contribution is 2.23. The van der Waals surface area contributed by atoms with Crippen LogP contribution in [-0.2, 0) is 19.6 Å². The van der Waals surface area contributed by atoms with Crippen LogP contribution >= 0.6 is 0 Å². The van der Waals surface area contributed by atoms with Gasteiger partial charge in [0.1, 0.15) is 0 Å². The van der Waals surface area contributed by atoms with Crippen LogP contribution < -0.4 is 21.5 Å². The van der Waals surface area contributed by atoms with Gasteiger partial charge in [0.05, 0.1) is 26.2 Å². The lowest BCUT2D eigenvalue weighted by molar-refractivity contribution is 0.270. The van der Waals surface area contributed by atoms with Crippen LogP contribution in [0.4, 0.5) is 5.95 Å². The molecule has 0 spiro atoms. The van der Waals surface area contributed by atoms with Crippen LogP contribution in [0.1, 0.15) is 17.5 Å². The summed E-state index contributed by atoms with van der Waals surface area (Å²) in [4.78, 5) is 34.2. The van der Waals surface area contributed by atoms with Gasteiger partial charge < -0.3 is 15.3 Å². The van der Waals surface area contributed by atoms with Crippen molar-refractivity contribution in [3.8, 4) is 0 Å². The molecule has 0 unspecified atom stereocenters. The van der Waals surface area contributed by atoms with Crippen LogP contribution in [0.3, 0.4) is 0 Å². The van der Waals surface area contributed by atoms with E-state index < -0.39 is 11.2 Å². The van der Waals surface area contributed by atoms with E-state index in [0.717, 1.165) is 48.3 Å². The molecule has 0 atom stereocenters. The summed E-state index contributed by atoms with van der Waals surface area (Å²) in [5.74, 6) is 0.688. The third-order valence-corrected chi connectivity index (χ3v) is 6.41. The van der Waals surface area contributed by atoms with Gasteiger partial charge in [-0.2, -0.15) is 4.98 Å². The molecule has 0 amide bonds. The average Bonchev–Trinajstić information content (AvgIpc) is 3.05. The maximum Gasteiger partial charge on any atom is 0.333 e. The highest BCUT2D eigenvalue weighted by atomic mass is 16.3. The van der Waals surface area contributed by atoms with Crippen molar-refractivity contribution in [2.75, 3.05) is 37.7 Å². The molecule has 182 valence electrons. The lowest BCUT2D eigenvalue weighted by Gasteiger charge is -2.22. The van der Waals surface area contributed by atoms with Gasteiger partial charge in [-0.05, 0) is 24.1 Å². The number of aliphatic hydroxyl groups excluding tert-OH is 1. The van der Waals surface area contributed by atoms with Crippen LogP contribution in [-0.4, -0.2) is 56.6 Å². The Balaban J connectivity index is 1.77. The average molecular weight is 475 g/mol. The molecular formula is C26H30N6O3. The normalized spacial score (nSPS) is 14.4. The molecule has 9 heteroatoms. The SMILES string of the molecule is O=c1c2c(nc(N3CCCNCC3)n2Cc2ccccc2)n(Cc2ccccc2)c(=O)n1CCO. The van der Waals surface area contributed by atoms with Crippen LogP contribution in [0, 0.1) is 0 Å². The Morgan fingerprint density at radius 2 is 1.49 bits per heavy atom. The minimum absolute atomic E-state index is 0.0676. The number of anilines is 1. The summed E-state index contributed by atoms with van der Waals surface area (Å²) in [6.45, 7) is 3.67. The minimum atomic E-state index is -0.464. The molecule has 4 aromatic rings. The third kappa shape index (κ3) is 4.65. The Kier molecular flexibility index (Phi) is 6.78. The Labute approximate surface area is 202 Å². The highest BCUT2D eigenvalue weighted by Gasteiger charge is 2.25. The predicted molar refractivity (Wildman–Crippen MR) is 136 cm³/mol. The molecule has 5 rings (SSSR count). The first kappa shape index (κ1) is 23.1. The summed E-state index contributed by atoms with van der Waals surface area (Å²) >= 11 is 0. The maximum atomic E-state index is 13.7. The molecular weight excluding hydrogens is 444 g/mol. The second-order valence-corrected chi connectivity index (χ2v) is 8.78. The zero-order chi connectivity index (χ0) is 24.2. The van der Waals surface area contributed by atoms with Crippen LogP contribution in [0.15, 0.2) is 70.3 Å². The number of fused-ring (bicyclic) bond motifs is 1. The van der Waals surface area contributed by atoms with Crippen molar-refractivity contribution in [2.24, 2.45) is 0 Å². The van der Waals surface area contributed by atoms with Crippen molar-refractivity contribution >= 4 is 17.1 Å². The largest absolute Gasteiger partial charge is 0.395 e. The summed E-state index contributed by atoms with van der Waals surface area (Å²) in [5.41, 5.74) is 1.84. The summed E-state index contributed by atoms with van der Waals surface area (Å²) in [6.07, 6.45) is 0.958. The molecule has 1 saturated heterocycles. The molecule has 0 bridgehead atoms. The van der Waals surface area contributed by atoms with Gasteiger partial charge in [-0.25, -0.2) is 4.79 Å². The summed E-state index contributed by atoms with van der Waals surface area (Å²) in [7, 11) is 0. The van der Waals surface area contributed by atoms with Gasteiger partial charge in [-0.15, -0.1) is 0 Å². The minimum Gasteiger partial charge on any atom is -0.395 e. The summed E-state index contributed by atoms with van der Waals surface area (Å²) in [5, 5.41) is 13.0. The number of benzene rings is 2. The number of nitrogens with one attached hydrogen (secondary N) is 1. The van der Waals surface area contributed by atoms with Crippen molar-refractivity contribution < 1.29 is 5.11 Å². The standard InChI is InChI=1S/C26H30N6O3/c33-17-16-30-24(34)22-23(32(26(30)35)19-21-10-5-2-6-11-21)28-25(29-14-7-12-27-13-15-29)31(22)18-20-8-3-1-4-9-20/h1-6,8-11,27,33H,7,12-19H2. The van der Waals surface area contributed by atoms with Gasteiger partial charge in [0.15, 0.2) is 11.2 Å². The van der Waals surface area contributed by atoms with Gasteiger partial charge in [0, 0.05) is 19.6 Å². The number of aromatic nitrogens is 4. The molecule has 2 aromatic heterocycles. The molecule has 9 nitrogen and oxygen atoms in total. The smallest absolute Gasteiger partial charge is 0.333 e. The quantitative estimate of drug-likeness (QED) is 0.419. The van der Waals surface area contributed by atoms with E-state index in [1.807, 2.05) is 65.2 Å². The predicted octanol–water partition coefficient (Wildman–Crippen LogP) is 1.25. The monoisotopic (exact) mass is 474 g/mol. The molecule has 0 radical (unpaired) electrons. The lowest BCUT2D eigenvalue weighted by Crippen LogP contribution is -2.41. The Hall–Kier alpha value is -3.69. The summed E-state index contributed by atoms with van der Waals surface area (Å²) < 4.78 is 4.62. The van der Waals surface area contributed by atoms with E-state index in [1.165, 1.54) is 0 Å². The Morgan fingerprint density at radius 3 is 2.14 bits per heavy atom. The van der Waals surface area contributed by atoms with Crippen molar-refractivity contribution in [2.45, 2.75) is 26.1 Å². The van der Waals surface area contributed by atoms with Crippen LogP contribution in [0.2, 0.25) is 0 Å². The number of hydrogen-bond acceptors (Lipinski definition) is 6. The third-order valence-electron chi connectivity index (χ3n) is 6.41. The Morgan fingerprint density at radius 1 is 0.829 bits per heavy atom. The van der Waals surface area contributed by atoms with Gasteiger partial charge in [0.25, 0.3) is 5.56 Å². The van der Waals surface area contributed by atoms with Crippen molar-refractivity contribution in [1.82, 2.24) is 24.0 Å². The molecule has 0 saturated carbocycles. The van der Waals surface area contributed by atoms with E-state index in [2.05, 4.69) is 10.2 Å². The lowest BCUT2D eigenvalue weighted by atomic mass is 10.2. The van der Waals surface area contributed by atoms with E-state index in [0.29, 0.717) is 23.7 Å². The number of hydrogen-bond donors (Lipinski definition) is 2. The first-order valence-corrected chi connectivity index (χ1v) is 12.1. The molecule has 0 aliphatic carbocycles. The van der Waals surface area contributed by atoms with Crippen molar-refractivity contribution in [3.05, 3.63) is 92.6 Å². The van der Waals surface area contributed by atoms with Gasteiger partial charge >= 0.3 is 5.69 Å². The molecule has 1 fully saturated rings. The Bertz CT molecular complexity index is 1400. The zero-order valence-corrected chi connectivity index (χ0v) is 19.6. The fourth-order valence-corrected chi connectivity index (χ4v) is 4.69. The first-order chi connectivity index (χ1) is 17.2. The van der Waals surface area contributed by atoms with Gasteiger partial charge in [-0.1, -0.05) is 60.7 Å². The van der Waals surface area contributed by atoms with E-state index in [9.17, 15) is 14.7 Å². The maximum absolute atomic E-state index is 13.7. The molecule has 1 aliphatic rings. The molecule has 2 N–H and O–H groups in total. The van der Waals surface area contributed by atoms with E-state index in [4.69, 9.17) is 4.98 Å². The van der Waals surface area contributed by atoms with Crippen LogP contribution in [0.5, 0.6) is 0 Å². The summed E-state index contributed by atoms with van der Waals surface area (Å²) in [6, 6.07) is 19.6. The number of nitrogens with zero attached hydrogens (tertiary/aromatic N) is 5. The topological polar surface area (TPSA) is 97.3 Å². The van der Waals surface area contributed by atoms with E-state index >= 15 is 0 Å². The number of aliphatic hydroxyl groups is 1. The molecule has 1 aliphatic heterocycles. The zero-order valence-electron chi connectivity index (χ0n) is 19.6. The number of rotatable bonds is 7. The second kappa shape index (κ2) is 10.3. The van der Waals surface area contributed by atoms with Gasteiger partial charge in [0.2, 0.25) is 5.95 Å². The van der Waals surface area contributed by atoms with Crippen molar-refractivity contribution in [1.29, 1.82) is 0 Å².